The molecule has 5 heteroatoms. The Bertz CT molecular complexity index is 617. The normalized spacial score (nSPS) is 12.4. The van der Waals surface area contributed by atoms with Crippen molar-refractivity contribution in [2.75, 3.05) is 7.05 Å². The van der Waals surface area contributed by atoms with Gasteiger partial charge in [-0.15, -0.1) is 0 Å². The SMILES string of the molecule is CNC(Cc1ccc(Cl)c(Cl)c1)c1cccc(F)c1F. The van der Waals surface area contributed by atoms with Gasteiger partial charge in [0.05, 0.1) is 10.0 Å². The molecular weight excluding hydrogens is 303 g/mol. The quantitative estimate of drug-likeness (QED) is 0.856. The van der Waals surface area contributed by atoms with Gasteiger partial charge in [0, 0.05) is 11.6 Å². The fraction of sp³-hybridized carbons (Fsp3) is 0.200. The summed E-state index contributed by atoms with van der Waals surface area (Å²) in [5, 5.41) is 3.90. The number of halogens is 4. The molecule has 1 nitrogen and oxygen atoms in total. The van der Waals surface area contributed by atoms with Gasteiger partial charge in [-0.2, -0.15) is 0 Å². The average Bonchev–Trinajstić information content (AvgIpc) is 2.43. The van der Waals surface area contributed by atoms with Crippen molar-refractivity contribution in [1.29, 1.82) is 0 Å². The summed E-state index contributed by atoms with van der Waals surface area (Å²) in [6.45, 7) is 0. The van der Waals surface area contributed by atoms with Crippen LogP contribution in [-0.4, -0.2) is 7.05 Å². The van der Waals surface area contributed by atoms with Gasteiger partial charge in [-0.1, -0.05) is 41.4 Å². The molecule has 0 aliphatic rings. The molecule has 0 aliphatic carbocycles. The van der Waals surface area contributed by atoms with E-state index in [2.05, 4.69) is 5.32 Å². The van der Waals surface area contributed by atoms with Crippen molar-refractivity contribution in [2.24, 2.45) is 0 Å². The second-order valence-corrected chi connectivity index (χ2v) is 5.25. The Hall–Kier alpha value is -1.16. The second kappa shape index (κ2) is 6.53. The molecule has 0 spiro atoms. The Morgan fingerprint density at radius 1 is 1.10 bits per heavy atom. The van der Waals surface area contributed by atoms with E-state index < -0.39 is 11.6 Å². The molecule has 106 valence electrons. The zero-order valence-corrected chi connectivity index (χ0v) is 12.3. The van der Waals surface area contributed by atoms with Crippen molar-refractivity contribution in [1.82, 2.24) is 5.32 Å². The maximum Gasteiger partial charge on any atom is 0.163 e. The molecule has 0 aliphatic heterocycles. The summed E-state index contributed by atoms with van der Waals surface area (Å²) in [5.74, 6) is -1.68. The monoisotopic (exact) mass is 315 g/mol. The molecule has 0 fully saturated rings. The summed E-state index contributed by atoms with van der Waals surface area (Å²) in [6, 6.07) is 9.05. The Morgan fingerprint density at radius 2 is 1.85 bits per heavy atom. The molecular formula is C15H13Cl2F2N. The van der Waals surface area contributed by atoms with Crippen LogP contribution in [0, 0.1) is 11.6 Å². The van der Waals surface area contributed by atoms with Crippen LogP contribution in [0.5, 0.6) is 0 Å². The lowest BCUT2D eigenvalue weighted by Crippen LogP contribution is -2.20. The van der Waals surface area contributed by atoms with Crippen LogP contribution < -0.4 is 5.32 Å². The van der Waals surface area contributed by atoms with Gasteiger partial charge >= 0.3 is 0 Å². The highest BCUT2D eigenvalue weighted by molar-refractivity contribution is 6.42. The van der Waals surface area contributed by atoms with Crippen LogP contribution in [0.2, 0.25) is 10.0 Å². The summed E-state index contributed by atoms with van der Waals surface area (Å²) in [6.07, 6.45) is 0.480. The summed E-state index contributed by atoms with van der Waals surface area (Å²) in [5.41, 5.74) is 1.18. The maximum atomic E-state index is 13.8. The van der Waals surface area contributed by atoms with Crippen molar-refractivity contribution in [3.05, 3.63) is 69.2 Å². The molecule has 1 N–H and O–H groups in total. The third-order valence-electron chi connectivity index (χ3n) is 3.13. The second-order valence-electron chi connectivity index (χ2n) is 4.44. The van der Waals surface area contributed by atoms with Crippen molar-refractivity contribution < 1.29 is 8.78 Å². The van der Waals surface area contributed by atoms with Gasteiger partial charge < -0.3 is 5.32 Å². The number of rotatable bonds is 4. The van der Waals surface area contributed by atoms with E-state index >= 15 is 0 Å². The molecule has 0 heterocycles. The highest BCUT2D eigenvalue weighted by Crippen LogP contribution is 2.27. The zero-order chi connectivity index (χ0) is 14.7. The molecule has 2 aromatic carbocycles. The number of benzene rings is 2. The first-order chi connectivity index (χ1) is 9.52. The highest BCUT2D eigenvalue weighted by Gasteiger charge is 2.17. The molecule has 0 aromatic heterocycles. The molecule has 0 saturated carbocycles. The maximum absolute atomic E-state index is 13.8. The zero-order valence-electron chi connectivity index (χ0n) is 10.8. The smallest absolute Gasteiger partial charge is 0.163 e. The van der Waals surface area contributed by atoms with Gasteiger partial charge in [0.25, 0.3) is 0 Å². The molecule has 0 amide bonds. The van der Waals surface area contributed by atoms with E-state index in [4.69, 9.17) is 23.2 Å². The van der Waals surface area contributed by atoms with E-state index in [0.29, 0.717) is 22.0 Å². The topological polar surface area (TPSA) is 12.0 Å². The Kier molecular flexibility index (Phi) is 4.97. The predicted octanol–water partition coefficient (Wildman–Crippen LogP) is 4.77. The van der Waals surface area contributed by atoms with Crippen molar-refractivity contribution in [2.45, 2.75) is 12.5 Å². The van der Waals surface area contributed by atoms with Crippen molar-refractivity contribution >= 4 is 23.2 Å². The van der Waals surface area contributed by atoms with E-state index in [-0.39, 0.29) is 6.04 Å². The predicted molar refractivity (Wildman–Crippen MR) is 78.3 cm³/mol. The Balaban J connectivity index is 2.28. The average molecular weight is 316 g/mol. The van der Waals surface area contributed by atoms with Crippen LogP contribution in [-0.2, 0) is 6.42 Å². The molecule has 1 unspecified atom stereocenters. The van der Waals surface area contributed by atoms with E-state index in [0.717, 1.165) is 11.6 Å². The molecule has 0 bridgehead atoms. The molecule has 0 saturated heterocycles. The number of hydrogen-bond donors (Lipinski definition) is 1. The molecule has 20 heavy (non-hydrogen) atoms. The first-order valence-corrected chi connectivity index (χ1v) is 6.83. The number of likely N-dealkylation sites (N-methyl/N-ethyl adjacent to an activating group) is 1. The van der Waals surface area contributed by atoms with Gasteiger partial charge in [0.1, 0.15) is 0 Å². The fourth-order valence-corrected chi connectivity index (χ4v) is 2.38. The van der Waals surface area contributed by atoms with E-state index in [1.807, 2.05) is 6.07 Å². The van der Waals surface area contributed by atoms with Crippen LogP contribution in [0.3, 0.4) is 0 Å². The van der Waals surface area contributed by atoms with Crippen LogP contribution in [0.1, 0.15) is 17.2 Å². The molecule has 2 aromatic rings. The number of hydrogen-bond acceptors (Lipinski definition) is 1. The number of nitrogens with one attached hydrogen (secondary N) is 1. The van der Waals surface area contributed by atoms with E-state index in [1.165, 1.54) is 6.07 Å². The lowest BCUT2D eigenvalue weighted by atomic mass is 9.98. The first kappa shape index (κ1) is 15.2. The first-order valence-electron chi connectivity index (χ1n) is 6.08. The Morgan fingerprint density at radius 3 is 2.50 bits per heavy atom. The van der Waals surface area contributed by atoms with Crippen LogP contribution in [0.4, 0.5) is 8.78 Å². The van der Waals surface area contributed by atoms with E-state index in [9.17, 15) is 8.78 Å². The minimum atomic E-state index is -0.850. The lowest BCUT2D eigenvalue weighted by Gasteiger charge is -2.18. The fourth-order valence-electron chi connectivity index (χ4n) is 2.06. The standard InChI is InChI=1S/C15H13Cl2F2N/c1-20-14(10-3-2-4-13(18)15(10)19)8-9-5-6-11(16)12(17)7-9/h2-7,14,20H,8H2,1H3. The molecule has 0 radical (unpaired) electrons. The molecule has 1 atom stereocenters. The molecule has 2 rings (SSSR count). The van der Waals surface area contributed by atoms with Gasteiger partial charge in [0.2, 0.25) is 0 Å². The summed E-state index contributed by atoms with van der Waals surface area (Å²) >= 11 is 11.8. The van der Waals surface area contributed by atoms with Crippen molar-refractivity contribution in [3.8, 4) is 0 Å². The van der Waals surface area contributed by atoms with Gasteiger partial charge in [-0.05, 0) is 37.2 Å². The van der Waals surface area contributed by atoms with Crippen LogP contribution >= 0.6 is 23.2 Å². The third-order valence-corrected chi connectivity index (χ3v) is 3.87. The largest absolute Gasteiger partial charge is 0.313 e. The minimum Gasteiger partial charge on any atom is -0.313 e. The van der Waals surface area contributed by atoms with Gasteiger partial charge in [-0.25, -0.2) is 8.78 Å². The van der Waals surface area contributed by atoms with Gasteiger partial charge in [0.15, 0.2) is 11.6 Å². The summed E-state index contributed by atoms with van der Waals surface area (Å²) in [4.78, 5) is 0. The van der Waals surface area contributed by atoms with Crippen LogP contribution in [0.15, 0.2) is 36.4 Å². The lowest BCUT2D eigenvalue weighted by molar-refractivity contribution is 0.473. The summed E-state index contributed by atoms with van der Waals surface area (Å²) < 4.78 is 27.1. The highest BCUT2D eigenvalue weighted by atomic mass is 35.5. The summed E-state index contributed by atoms with van der Waals surface area (Å²) in [7, 11) is 1.70. The Labute approximate surface area is 126 Å². The van der Waals surface area contributed by atoms with E-state index in [1.54, 1.807) is 25.2 Å². The van der Waals surface area contributed by atoms with Gasteiger partial charge in [-0.3, -0.25) is 0 Å². The third kappa shape index (κ3) is 3.29. The van der Waals surface area contributed by atoms with Crippen molar-refractivity contribution in [3.63, 3.8) is 0 Å². The van der Waals surface area contributed by atoms with Crippen LogP contribution in [0.25, 0.3) is 0 Å². The minimum absolute atomic E-state index is 0.290.